The number of carbonyl (C=O) groups excluding carboxylic acids is 1. The minimum absolute atomic E-state index is 0.168. The van der Waals surface area contributed by atoms with E-state index in [1.807, 2.05) is 12.1 Å². The highest BCUT2D eigenvalue weighted by atomic mass is 16.5. The van der Waals surface area contributed by atoms with Gasteiger partial charge in [0, 0.05) is 36.6 Å². The molecule has 0 unspecified atom stereocenters. The molecule has 1 aliphatic rings. The van der Waals surface area contributed by atoms with Crippen molar-refractivity contribution in [1.29, 1.82) is 0 Å². The number of anilines is 1. The molecule has 0 radical (unpaired) electrons. The van der Waals surface area contributed by atoms with Gasteiger partial charge in [-0.25, -0.2) is 9.78 Å². The largest absolute Gasteiger partial charge is 0.462 e. The van der Waals surface area contributed by atoms with E-state index in [4.69, 9.17) is 9.72 Å². The lowest BCUT2D eigenvalue weighted by atomic mass is 9.85. The van der Waals surface area contributed by atoms with Gasteiger partial charge in [0.2, 0.25) is 5.56 Å². The third-order valence-electron chi connectivity index (χ3n) is 6.11. The van der Waals surface area contributed by atoms with Crippen molar-refractivity contribution in [2.75, 3.05) is 32.6 Å². The van der Waals surface area contributed by atoms with Gasteiger partial charge < -0.3 is 19.9 Å². The van der Waals surface area contributed by atoms with Crippen LogP contribution in [0.2, 0.25) is 0 Å². The number of fused-ring (bicyclic) bond motifs is 1. The molecule has 4 rings (SSSR count). The van der Waals surface area contributed by atoms with Crippen LogP contribution in [0, 0.1) is 5.92 Å². The van der Waals surface area contributed by atoms with E-state index in [0.717, 1.165) is 37.8 Å². The van der Waals surface area contributed by atoms with Crippen LogP contribution in [0.25, 0.3) is 22.3 Å². The van der Waals surface area contributed by atoms with Gasteiger partial charge in [-0.1, -0.05) is 0 Å². The lowest BCUT2D eigenvalue weighted by Crippen LogP contribution is -2.31. The topological polar surface area (TPSA) is 100 Å². The molecule has 1 saturated carbocycles. The average Bonchev–Trinajstić information content (AvgIpc) is 2.80. The van der Waals surface area contributed by atoms with Gasteiger partial charge in [0.25, 0.3) is 0 Å². The van der Waals surface area contributed by atoms with E-state index >= 15 is 0 Å². The number of H-pyrrole nitrogens is 1. The zero-order valence-electron chi connectivity index (χ0n) is 19.4. The Morgan fingerprint density at radius 1 is 1.18 bits per heavy atom. The number of hydrogen-bond acceptors (Lipinski definition) is 7. The lowest BCUT2D eigenvalue weighted by molar-refractivity contribution is 0.0527. The van der Waals surface area contributed by atoms with Gasteiger partial charge in [0.1, 0.15) is 11.1 Å². The highest BCUT2D eigenvalue weighted by Gasteiger charge is 2.25. The molecule has 0 amide bonds. The molecule has 3 aromatic heterocycles. The molecule has 3 aromatic rings. The second-order valence-electron chi connectivity index (χ2n) is 8.90. The Balaban J connectivity index is 1.70. The normalized spacial score (nSPS) is 18.4. The smallest absolute Gasteiger partial charge is 0.341 e. The highest BCUT2D eigenvalue weighted by Crippen LogP contribution is 2.32. The van der Waals surface area contributed by atoms with E-state index in [2.05, 4.69) is 34.3 Å². The average molecular weight is 450 g/mol. The van der Waals surface area contributed by atoms with Gasteiger partial charge in [-0.2, -0.15) is 0 Å². The maximum absolute atomic E-state index is 12.7. The summed E-state index contributed by atoms with van der Waals surface area (Å²) in [6.07, 6.45) is 7.56. The van der Waals surface area contributed by atoms with Crippen molar-refractivity contribution in [2.24, 2.45) is 5.92 Å². The van der Waals surface area contributed by atoms with Crippen molar-refractivity contribution < 1.29 is 9.53 Å². The monoisotopic (exact) mass is 449 g/mol. The predicted octanol–water partition coefficient (Wildman–Crippen LogP) is 3.69. The van der Waals surface area contributed by atoms with Gasteiger partial charge in [-0.05, 0) is 70.8 Å². The fourth-order valence-corrected chi connectivity index (χ4v) is 4.52. The maximum Gasteiger partial charge on any atom is 0.341 e. The number of hydrogen-bond donors (Lipinski definition) is 2. The van der Waals surface area contributed by atoms with Crippen LogP contribution >= 0.6 is 0 Å². The number of pyridine rings is 3. The summed E-state index contributed by atoms with van der Waals surface area (Å²) in [5.74, 6) is 0.286. The number of aromatic amines is 1. The lowest BCUT2D eigenvalue weighted by Gasteiger charge is -2.31. The first kappa shape index (κ1) is 22.9. The molecule has 1 fully saturated rings. The van der Waals surface area contributed by atoms with Crippen LogP contribution in [-0.2, 0) is 4.74 Å². The standard InChI is InChI=1S/C25H31N5O3/c1-4-33-25(32)19-14-26-21-11-10-20(17-7-12-22(31)27-13-17)29-24(21)23(19)28-18-8-5-16(6-9-18)15-30(2)3/h7,10-14,16,18H,4-6,8-9,15H2,1-3H3,(H,26,28)(H,27,31). The number of ether oxygens (including phenoxy) is 1. The van der Waals surface area contributed by atoms with Crippen molar-refractivity contribution in [3.05, 3.63) is 52.6 Å². The molecule has 0 bridgehead atoms. The number of aromatic nitrogens is 3. The molecule has 3 heterocycles. The second-order valence-corrected chi connectivity index (χ2v) is 8.90. The van der Waals surface area contributed by atoms with E-state index in [-0.39, 0.29) is 18.2 Å². The van der Waals surface area contributed by atoms with Crippen molar-refractivity contribution in [3.63, 3.8) is 0 Å². The van der Waals surface area contributed by atoms with Gasteiger partial charge >= 0.3 is 5.97 Å². The molecular formula is C25H31N5O3. The van der Waals surface area contributed by atoms with E-state index in [1.165, 1.54) is 6.07 Å². The summed E-state index contributed by atoms with van der Waals surface area (Å²) in [6.45, 7) is 3.18. The third kappa shape index (κ3) is 5.39. The summed E-state index contributed by atoms with van der Waals surface area (Å²) in [4.78, 5) is 38.4. The Labute approximate surface area is 193 Å². The summed E-state index contributed by atoms with van der Waals surface area (Å²) in [5, 5.41) is 3.62. The van der Waals surface area contributed by atoms with E-state index in [0.29, 0.717) is 33.9 Å². The van der Waals surface area contributed by atoms with Crippen LogP contribution in [0.3, 0.4) is 0 Å². The van der Waals surface area contributed by atoms with Gasteiger partial charge in [0.15, 0.2) is 0 Å². The van der Waals surface area contributed by atoms with E-state index < -0.39 is 5.97 Å². The van der Waals surface area contributed by atoms with Crippen LogP contribution in [0.5, 0.6) is 0 Å². The first-order chi connectivity index (χ1) is 15.9. The number of nitrogens with one attached hydrogen (secondary N) is 2. The molecule has 2 N–H and O–H groups in total. The summed E-state index contributed by atoms with van der Waals surface area (Å²) in [5.41, 5.74) is 3.69. The Bertz CT molecular complexity index is 1160. The fourth-order valence-electron chi connectivity index (χ4n) is 4.52. The van der Waals surface area contributed by atoms with Gasteiger partial charge in [0.05, 0.1) is 23.5 Å². The van der Waals surface area contributed by atoms with Crippen LogP contribution in [0.4, 0.5) is 5.69 Å². The van der Waals surface area contributed by atoms with E-state index in [1.54, 1.807) is 25.4 Å². The van der Waals surface area contributed by atoms with E-state index in [9.17, 15) is 9.59 Å². The van der Waals surface area contributed by atoms with Crippen molar-refractivity contribution in [1.82, 2.24) is 19.9 Å². The number of nitrogens with zero attached hydrogens (tertiary/aromatic N) is 3. The summed E-state index contributed by atoms with van der Waals surface area (Å²) in [7, 11) is 4.23. The number of carbonyl (C=O) groups is 1. The second kappa shape index (κ2) is 10.1. The minimum atomic E-state index is -0.410. The highest BCUT2D eigenvalue weighted by molar-refractivity contribution is 6.03. The molecule has 8 nitrogen and oxygen atoms in total. The van der Waals surface area contributed by atoms with Crippen LogP contribution in [0.15, 0.2) is 41.5 Å². The summed E-state index contributed by atoms with van der Waals surface area (Å²) >= 11 is 0. The van der Waals surface area contributed by atoms with Gasteiger partial charge in [-0.3, -0.25) is 9.78 Å². The Morgan fingerprint density at radius 2 is 1.97 bits per heavy atom. The molecule has 0 saturated heterocycles. The Hall–Kier alpha value is -3.26. The predicted molar refractivity (Wildman–Crippen MR) is 129 cm³/mol. The van der Waals surface area contributed by atoms with Crippen molar-refractivity contribution in [2.45, 2.75) is 38.6 Å². The molecule has 0 spiro atoms. The van der Waals surface area contributed by atoms with Crippen molar-refractivity contribution in [3.8, 4) is 11.3 Å². The SMILES string of the molecule is CCOC(=O)c1cnc2ccc(-c3ccc(=O)[nH]c3)nc2c1NC1CCC(CN(C)C)CC1. The first-order valence-electron chi connectivity index (χ1n) is 11.5. The fraction of sp³-hybridized carbons (Fsp3) is 0.440. The Kier molecular flexibility index (Phi) is 7.03. The minimum Gasteiger partial charge on any atom is -0.462 e. The van der Waals surface area contributed by atoms with Crippen LogP contribution < -0.4 is 10.9 Å². The molecule has 0 aliphatic heterocycles. The third-order valence-corrected chi connectivity index (χ3v) is 6.11. The number of esters is 1. The summed E-state index contributed by atoms with van der Waals surface area (Å²) < 4.78 is 5.30. The number of rotatable bonds is 7. The maximum atomic E-state index is 12.7. The molecule has 8 heteroatoms. The van der Waals surface area contributed by atoms with Crippen LogP contribution in [-0.4, -0.2) is 59.1 Å². The quantitative estimate of drug-likeness (QED) is 0.531. The first-order valence-corrected chi connectivity index (χ1v) is 11.5. The zero-order chi connectivity index (χ0) is 23.4. The molecule has 1 aliphatic carbocycles. The van der Waals surface area contributed by atoms with Crippen molar-refractivity contribution >= 4 is 22.7 Å². The Morgan fingerprint density at radius 3 is 2.64 bits per heavy atom. The molecule has 0 atom stereocenters. The molecule has 0 aromatic carbocycles. The summed E-state index contributed by atoms with van der Waals surface area (Å²) in [6, 6.07) is 7.20. The molecular weight excluding hydrogens is 418 g/mol. The van der Waals surface area contributed by atoms with Gasteiger partial charge in [-0.15, -0.1) is 0 Å². The molecule has 33 heavy (non-hydrogen) atoms. The van der Waals surface area contributed by atoms with Crippen LogP contribution in [0.1, 0.15) is 43.0 Å². The zero-order valence-corrected chi connectivity index (χ0v) is 19.4. The molecule has 174 valence electrons.